The molecule has 0 atom stereocenters. The first-order valence-electron chi connectivity index (χ1n) is 5.28. The zero-order valence-corrected chi connectivity index (χ0v) is 10.4. The number of aromatic nitrogens is 3. The standard InChI is InChI=1S/C9H14N6O2S/c10-7(18)6-12-9(17)8(16)11-2-1-4-15-5-3-13-14-15/h3,5H,1-2,4,6H2,(H2,10,18)(H,11,16)(H,12,17). The molecule has 8 nitrogen and oxygen atoms in total. The average molecular weight is 270 g/mol. The van der Waals surface area contributed by atoms with Crippen LogP contribution in [0.1, 0.15) is 6.42 Å². The molecule has 1 aromatic heterocycles. The number of rotatable bonds is 6. The topological polar surface area (TPSA) is 115 Å². The van der Waals surface area contributed by atoms with Gasteiger partial charge in [0.25, 0.3) is 0 Å². The molecule has 0 unspecified atom stereocenters. The van der Waals surface area contributed by atoms with Gasteiger partial charge in [0.1, 0.15) is 0 Å². The van der Waals surface area contributed by atoms with Gasteiger partial charge in [0.2, 0.25) is 0 Å². The molecule has 1 rings (SSSR count). The highest BCUT2D eigenvalue weighted by atomic mass is 32.1. The van der Waals surface area contributed by atoms with Gasteiger partial charge >= 0.3 is 11.8 Å². The van der Waals surface area contributed by atoms with E-state index in [-0.39, 0.29) is 11.5 Å². The summed E-state index contributed by atoms with van der Waals surface area (Å²) in [6.07, 6.45) is 3.94. The zero-order valence-electron chi connectivity index (χ0n) is 9.63. The molecular formula is C9H14N6O2S. The summed E-state index contributed by atoms with van der Waals surface area (Å²) in [6, 6.07) is 0. The Kier molecular flexibility index (Phi) is 5.71. The molecule has 0 aromatic carbocycles. The summed E-state index contributed by atoms with van der Waals surface area (Å²) < 4.78 is 1.64. The fourth-order valence-electron chi connectivity index (χ4n) is 1.12. The lowest BCUT2D eigenvalue weighted by atomic mass is 10.4. The van der Waals surface area contributed by atoms with E-state index in [9.17, 15) is 9.59 Å². The van der Waals surface area contributed by atoms with E-state index >= 15 is 0 Å². The first kappa shape index (κ1) is 14.0. The highest BCUT2D eigenvalue weighted by Crippen LogP contribution is 1.85. The second-order valence-corrected chi connectivity index (χ2v) is 3.95. The number of hydrogen-bond acceptors (Lipinski definition) is 5. The van der Waals surface area contributed by atoms with Gasteiger partial charge in [0.05, 0.1) is 17.7 Å². The van der Waals surface area contributed by atoms with E-state index in [1.165, 1.54) is 0 Å². The number of amides is 2. The average Bonchev–Trinajstić information content (AvgIpc) is 2.84. The number of aryl methyl sites for hydroxylation is 1. The van der Waals surface area contributed by atoms with Crippen molar-refractivity contribution in [1.82, 2.24) is 25.6 Å². The number of nitrogens with zero attached hydrogens (tertiary/aromatic N) is 3. The Labute approximate surface area is 109 Å². The lowest BCUT2D eigenvalue weighted by molar-refractivity contribution is -0.139. The first-order valence-corrected chi connectivity index (χ1v) is 5.69. The van der Waals surface area contributed by atoms with Crippen molar-refractivity contribution in [2.24, 2.45) is 5.73 Å². The monoisotopic (exact) mass is 270 g/mol. The molecule has 18 heavy (non-hydrogen) atoms. The number of nitrogens with one attached hydrogen (secondary N) is 2. The smallest absolute Gasteiger partial charge is 0.309 e. The van der Waals surface area contributed by atoms with Crippen molar-refractivity contribution in [2.45, 2.75) is 13.0 Å². The molecule has 2 amide bonds. The van der Waals surface area contributed by atoms with E-state index < -0.39 is 11.8 Å². The van der Waals surface area contributed by atoms with Crippen LogP contribution in [0.15, 0.2) is 12.4 Å². The molecule has 0 spiro atoms. The van der Waals surface area contributed by atoms with Gasteiger partial charge in [-0.25, -0.2) is 0 Å². The van der Waals surface area contributed by atoms with Crippen LogP contribution in [0.3, 0.4) is 0 Å². The Morgan fingerprint density at radius 2 is 2.06 bits per heavy atom. The summed E-state index contributed by atoms with van der Waals surface area (Å²) in [5.41, 5.74) is 5.19. The van der Waals surface area contributed by atoms with Gasteiger partial charge in [0.15, 0.2) is 0 Å². The lowest BCUT2D eigenvalue weighted by Gasteiger charge is -2.05. The summed E-state index contributed by atoms with van der Waals surface area (Å²) in [4.78, 5) is 22.6. The molecule has 1 heterocycles. The van der Waals surface area contributed by atoms with Crippen LogP contribution >= 0.6 is 12.2 Å². The molecule has 0 aliphatic rings. The van der Waals surface area contributed by atoms with Crippen molar-refractivity contribution in [1.29, 1.82) is 0 Å². The Balaban J connectivity index is 2.12. The molecule has 0 aliphatic heterocycles. The minimum absolute atomic E-state index is 0.0144. The quantitative estimate of drug-likeness (QED) is 0.319. The molecule has 0 aliphatic carbocycles. The summed E-state index contributed by atoms with van der Waals surface area (Å²) in [7, 11) is 0. The molecule has 0 bridgehead atoms. The van der Waals surface area contributed by atoms with Crippen LogP contribution < -0.4 is 16.4 Å². The van der Waals surface area contributed by atoms with Gasteiger partial charge in [0, 0.05) is 19.3 Å². The van der Waals surface area contributed by atoms with Crippen LogP contribution in [0, 0.1) is 0 Å². The molecule has 0 saturated carbocycles. The summed E-state index contributed by atoms with van der Waals surface area (Å²) in [5, 5.41) is 12.2. The van der Waals surface area contributed by atoms with Crippen LogP contribution in [0.2, 0.25) is 0 Å². The highest BCUT2D eigenvalue weighted by Gasteiger charge is 2.11. The molecule has 1 aromatic rings. The minimum atomic E-state index is -0.747. The van der Waals surface area contributed by atoms with Crippen LogP contribution in [-0.2, 0) is 16.1 Å². The van der Waals surface area contributed by atoms with E-state index in [0.29, 0.717) is 19.5 Å². The normalized spacial score (nSPS) is 9.78. The fourth-order valence-corrected chi connectivity index (χ4v) is 1.20. The minimum Gasteiger partial charge on any atom is -0.392 e. The van der Waals surface area contributed by atoms with Crippen LogP contribution in [0.25, 0.3) is 0 Å². The highest BCUT2D eigenvalue weighted by molar-refractivity contribution is 7.80. The SMILES string of the molecule is NC(=S)CNC(=O)C(=O)NCCCn1ccnn1. The Morgan fingerprint density at radius 3 is 2.67 bits per heavy atom. The van der Waals surface area contributed by atoms with Crippen molar-refractivity contribution >= 4 is 29.0 Å². The maximum Gasteiger partial charge on any atom is 0.309 e. The molecule has 4 N–H and O–H groups in total. The van der Waals surface area contributed by atoms with E-state index in [4.69, 9.17) is 5.73 Å². The van der Waals surface area contributed by atoms with E-state index in [0.717, 1.165) is 0 Å². The number of carbonyl (C=O) groups is 2. The van der Waals surface area contributed by atoms with Gasteiger partial charge < -0.3 is 16.4 Å². The van der Waals surface area contributed by atoms with Crippen molar-refractivity contribution in [3.05, 3.63) is 12.4 Å². The second-order valence-electron chi connectivity index (χ2n) is 3.42. The third-order valence-electron chi connectivity index (χ3n) is 1.95. The van der Waals surface area contributed by atoms with E-state index in [2.05, 4.69) is 33.2 Å². The molecular weight excluding hydrogens is 256 g/mol. The molecule has 0 radical (unpaired) electrons. The Morgan fingerprint density at radius 1 is 1.33 bits per heavy atom. The van der Waals surface area contributed by atoms with Crippen molar-refractivity contribution in [3.8, 4) is 0 Å². The predicted octanol–water partition coefficient (Wildman–Crippen LogP) is -1.81. The number of hydrogen-bond donors (Lipinski definition) is 3. The summed E-state index contributed by atoms with van der Waals surface area (Å²) in [5.74, 6) is -1.45. The number of thiocarbonyl (C=S) groups is 1. The van der Waals surface area contributed by atoms with Gasteiger partial charge in [-0.05, 0) is 6.42 Å². The molecule has 0 saturated heterocycles. The van der Waals surface area contributed by atoms with Crippen molar-refractivity contribution in [2.75, 3.05) is 13.1 Å². The van der Waals surface area contributed by atoms with Gasteiger partial charge in [-0.3, -0.25) is 14.3 Å². The van der Waals surface area contributed by atoms with Crippen LogP contribution in [-0.4, -0.2) is 44.9 Å². The summed E-state index contributed by atoms with van der Waals surface area (Å²) >= 11 is 4.57. The maximum atomic E-state index is 11.3. The van der Waals surface area contributed by atoms with Crippen molar-refractivity contribution in [3.63, 3.8) is 0 Å². The largest absolute Gasteiger partial charge is 0.392 e. The number of carbonyl (C=O) groups excluding carboxylic acids is 2. The maximum absolute atomic E-state index is 11.3. The van der Waals surface area contributed by atoms with Crippen LogP contribution in [0.4, 0.5) is 0 Å². The van der Waals surface area contributed by atoms with Gasteiger partial charge in [-0.2, -0.15) is 0 Å². The predicted molar refractivity (Wildman–Crippen MR) is 67.4 cm³/mol. The van der Waals surface area contributed by atoms with Crippen LogP contribution in [0.5, 0.6) is 0 Å². The summed E-state index contributed by atoms with van der Waals surface area (Å²) in [6.45, 7) is 1.01. The molecule has 0 fully saturated rings. The third kappa shape index (κ3) is 5.34. The first-order chi connectivity index (χ1) is 8.59. The van der Waals surface area contributed by atoms with Crippen molar-refractivity contribution < 1.29 is 9.59 Å². The van der Waals surface area contributed by atoms with Gasteiger partial charge in [-0.1, -0.05) is 17.4 Å². The fraction of sp³-hybridized carbons (Fsp3) is 0.444. The van der Waals surface area contributed by atoms with E-state index in [1.807, 2.05) is 0 Å². The number of nitrogens with two attached hydrogens (primary N) is 1. The molecule has 9 heteroatoms. The lowest BCUT2D eigenvalue weighted by Crippen LogP contribution is -2.43. The van der Waals surface area contributed by atoms with Gasteiger partial charge in [-0.15, -0.1) is 5.10 Å². The Hall–Kier alpha value is -2.03. The zero-order chi connectivity index (χ0) is 13.4. The van der Waals surface area contributed by atoms with E-state index in [1.54, 1.807) is 17.1 Å². The Bertz CT molecular complexity index is 419. The third-order valence-corrected chi connectivity index (χ3v) is 2.10. The molecule has 98 valence electrons. The second kappa shape index (κ2) is 7.33.